The number of aromatic nitrogens is 6. The van der Waals surface area contributed by atoms with Crippen LogP contribution in [0.25, 0.3) is 22.1 Å². The smallest absolute Gasteiger partial charge is 0.449 e. The second kappa shape index (κ2) is 18.3. The Bertz CT molecular complexity index is 2480. The minimum Gasteiger partial charge on any atom is -0.449 e. The van der Waals surface area contributed by atoms with Crippen LogP contribution in [0.3, 0.4) is 0 Å². The fourth-order valence-electron chi connectivity index (χ4n) is 9.04. The van der Waals surface area contributed by atoms with Gasteiger partial charge in [-0.05, 0) is 86.4 Å². The highest BCUT2D eigenvalue weighted by atomic mass is 16.7. The molecule has 0 spiro atoms. The lowest BCUT2D eigenvalue weighted by molar-refractivity contribution is -0.137. The topological polar surface area (TPSA) is 244 Å². The lowest BCUT2D eigenvalue weighted by Crippen LogP contribution is -2.59. The van der Waals surface area contributed by atoms with E-state index in [1.165, 1.54) is 4.90 Å². The zero-order valence-electron chi connectivity index (χ0n) is 34.4. The number of hydrogen-bond donors (Lipinski definition) is 5. The predicted octanol–water partition coefficient (Wildman–Crippen LogP) is 3.01. The van der Waals surface area contributed by atoms with Crippen LogP contribution in [-0.2, 0) is 20.7 Å². The van der Waals surface area contributed by atoms with Crippen molar-refractivity contribution in [2.45, 2.75) is 63.6 Å². The Balaban J connectivity index is 0.995. The van der Waals surface area contributed by atoms with Gasteiger partial charge in [0, 0.05) is 94.5 Å². The number of imidazole rings is 1. The van der Waals surface area contributed by atoms with Gasteiger partial charge in [-0.15, -0.1) is 0 Å². The number of piperidine rings is 2. The number of urea groups is 1. The van der Waals surface area contributed by atoms with Gasteiger partial charge in [0.05, 0.1) is 17.2 Å². The summed E-state index contributed by atoms with van der Waals surface area (Å²) in [5.41, 5.74) is 4.53. The van der Waals surface area contributed by atoms with Gasteiger partial charge < -0.3 is 40.1 Å². The van der Waals surface area contributed by atoms with Crippen molar-refractivity contribution in [3.8, 4) is 0 Å². The molecule has 3 aliphatic heterocycles. The number of pyridine rings is 2. The van der Waals surface area contributed by atoms with Crippen molar-refractivity contribution >= 4 is 57.8 Å². The van der Waals surface area contributed by atoms with Crippen LogP contribution >= 0.6 is 0 Å². The zero-order chi connectivity index (χ0) is 43.3. The molecule has 3 fully saturated rings. The summed E-state index contributed by atoms with van der Waals surface area (Å²) in [5.74, 6) is -0.851. The molecule has 0 saturated carbocycles. The number of fused-ring (bicyclic) bond motifs is 2. The van der Waals surface area contributed by atoms with E-state index < -0.39 is 36.3 Å². The van der Waals surface area contributed by atoms with Gasteiger partial charge in [-0.1, -0.05) is 6.07 Å². The lowest BCUT2D eigenvalue weighted by Gasteiger charge is -2.39. The molecule has 8 rings (SSSR count). The van der Waals surface area contributed by atoms with Crippen molar-refractivity contribution in [2.24, 2.45) is 5.92 Å². The highest BCUT2D eigenvalue weighted by Crippen LogP contribution is 2.27. The number of nitrogens with zero attached hydrogens (tertiary/aromatic N) is 8. The van der Waals surface area contributed by atoms with E-state index in [1.807, 2.05) is 37.3 Å². The molecule has 3 aliphatic rings. The Kier molecular flexibility index (Phi) is 12.3. The predicted molar refractivity (Wildman–Crippen MR) is 225 cm³/mol. The highest BCUT2D eigenvalue weighted by molar-refractivity contribution is 5.92. The van der Waals surface area contributed by atoms with Crippen molar-refractivity contribution in [1.82, 2.24) is 55.0 Å². The second-order valence-electron chi connectivity index (χ2n) is 16.2. The molecule has 0 radical (unpaired) electrons. The third-order valence-electron chi connectivity index (χ3n) is 12.3. The maximum atomic E-state index is 14.6. The van der Waals surface area contributed by atoms with E-state index in [-0.39, 0.29) is 49.5 Å². The molecule has 62 heavy (non-hydrogen) atoms. The monoisotopic (exact) mass is 850 g/mol. The van der Waals surface area contributed by atoms with E-state index in [9.17, 15) is 28.8 Å². The molecular weight excluding hydrogens is 801 g/mol. The summed E-state index contributed by atoms with van der Waals surface area (Å²) in [7, 11) is 0. The number of rotatable bonds is 10. The number of aryl methyl sites for hydroxylation is 1. The number of amides is 5. The number of hydrogen-bond acceptors (Lipinski definition) is 11. The number of carbonyl (C=O) groups excluding carboxylic acids is 4. The van der Waals surface area contributed by atoms with E-state index in [0.29, 0.717) is 76.1 Å². The molecule has 7 heterocycles. The summed E-state index contributed by atoms with van der Waals surface area (Å²) in [6.07, 6.45) is 6.50. The highest BCUT2D eigenvalue weighted by Gasteiger charge is 2.36. The maximum Gasteiger partial charge on any atom is 0.514 e. The molecule has 0 bridgehead atoms. The first-order valence-electron chi connectivity index (χ1n) is 21.0. The number of likely N-dealkylation sites (tertiary alicyclic amines) is 2. The average molecular weight is 851 g/mol. The number of nitrogens with one attached hydrogen (secondary N) is 4. The Morgan fingerprint density at radius 3 is 2.32 bits per heavy atom. The van der Waals surface area contributed by atoms with E-state index >= 15 is 0 Å². The normalized spacial score (nSPS) is 17.5. The molecule has 5 amide bonds. The van der Waals surface area contributed by atoms with E-state index in [4.69, 9.17) is 5.11 Å². The lowest BCUT2D eigenvalue weighted by atomic mass is 9.89. The summed E-state index contributed by atoms with van der Waals surface area (Å²) < 4.78 is 6.05. The van der Waals surface area contributed by atoms with Crippen LogP contribution in [0.4, 0.5) is 20.1 Å². The molecule has 5 N–H and O–H groups in total. The third kappa shape index (κ3) is 9.32. The van der Waals surface area contributed by atoms with Crippen LogP contribution in [0.1, 0.15) is 49.3 Å². The van der Waals surface area contributed by atoms with Gasteiger partial charge in [-0.3, -0.25) is 29.2 Å². The number of carboxylic acid groups (broad SMARTS) is 1. The van der Waals surface area contributed by atoms with Crippen LogP contribution in [0.5, 0.6) is 0 Å². The van der Waals surface area contributed by atoms with E-state index in [1.54, 1.807) is 45.2 Å². The fourth-order valence-corrected chi connectivity index (χ4v) is 9.04. The number of carbonyl (C=O) groups is 5. The molecular formula is C42H50N12O8. The number of piperazine rings is 1. The first-order chi connectivity index (χ1) is 30.0. The van der Waals surface area contributed by atoms with Gasteiger partial charge >= 0.3 is 24.0 Å². The number of ether oxygens (including phenoxy) is 1. The third-order valence-corrected chi connectivity index (χ3v) is 12.3. The Morgan fingerprint density at radius 1 is 0.871 bits per heavy atom. The molecule has 0 unspecified atom stereocenters. The van der Waals surface area contributed by atoms with E-state index in [2.05, 4.69) is 45.4 Å². The molecule has 20 nitrogen and oxygen atoms in total. The van der Waals surface area contributed by atoms with Gasteiger partial charge in [0.1, 0.15) is 12.1 Å². The SMILES string of the molecule is Cc1cc(C[C@@H](NC(=O)N2CCC(n3c(=O)[nH]c4ncccc43)CC2)C(=O)N[C@@H](CC2CCN(C(=O)OC(=O)O)CC2)C(=O)N2CCN(c3ccncc3)CC2)cc2cn[nH]c12. The largest absolute Gasteiger partial charge is 0.514 e. The fraction of sp³-hybridized carbons (Fsp3) is 0.452. The molecule has 2 atom stereocenters. The van der Waals surface area contributed by atoms with Gasteiger partial charge in [-0.2, -0.15) is 5.10 Å². The summed E-state index contributed by atoms with van der Waals surface area (Å²) in [6, 6.07) is 8.72. The van der Waals surface area contributed by atoms with Crippen molar-refractivity contribution in [3.05, 3.63) is 82.8 Å². The second-order valence-corrected chi connectivity index (χ2v) is 16.2. The molecule has 3 saturated heterocycles. The van der Waals surface area contributed by atoms with Crippen molar-refractivity contribution in [1.29, 1.82) is 0 Å². The van der Waals surface area contributed by atoms with Crippen molar-refractivity contribution < 1.29 is 33.8 Å². The number of aromatic amines is 2. The van der Waals surface area contributed by atoms with Gasteiger partial charge in [0.2, 0.25) is 11.8 Å². The Hall–Kier alpha value is -6.99. The average Bonchev–Trinajstić information content (AvgIpc) is 3.90. The van der Waals surface area contributed by atoms with Crippen LogP contribution in [-0.4, -0.2) is 144 Å². The zero-order valence-corrected chi connectivity index (χ0v) is 34.4. The Morgan fingerprint density at radius 2 is 1.60 bits per heavy atom. The van der Waals surface area contributed by atoms with Crippen LogP contribution < -0.4 is 21.2 Å². The first-order valence-corrected chi connectivity index (χ1v) is 21.0. The van der Waals surface area contributed by atoms with Crippen molar-refractivity contribution in [2.75, 3.05) is 57.3 Å². The molecule has 326 valence electrons. The quantitative estimate of drug-likeness (QED) is 0.101. The van der Waals surface area contributed by atoms with E-state index in [0.717, 1.165) is 27.7 Å². The van der Waals surface area contributed by atoms with Crippen LogP contribution in [0, 0.1) is 12.8 Å². The molecule has 20 heteroatoms. The van der Waals surface area contributed by atoms with Gasteiger partial charge in [0.15, 0.2) is 5.65 Å². The summed E-state index contributed by atoms with van der Waals surface area (Å²) in [5, 5.41) is 23.0. The minimum atomic E-state index is -1.68. The van der Waals surface area contributed by atoms with Gasteiger partial charge in [-0.25, -0.2) is 24.2 Å². The summed E-state index contributed by atoms with van der Waals surface area (Å²) in [6.45, 7) is 5.09. The number of benzene rings is 1. The standard InChI is InChI=1S/C42H50N12O8/c1-26-21-28(22-29-25-45-49-35(26)29)24-32(47-39(57)52-15-8-31(9-16-52)54-34-3-2-10-44-36(34)48-40(54)58)37(55)46-33(23-27-6-13-53(14-7-27)41(59)62-42(60)61)38(56)51-19-17-50(18-20-51)30-4-11-43-12-5-30/h2-5,10-12,21-22,25,27,31-33H,6-9,13-20,23-24H2,1H3,(H,45,49)(H,46,55)(H,47,57)(H,60,61)(H,44,48,58)/t32-,33+/m1/s1. The number of H-pyrrole nitrogens is 2. The summed E-state index contributed by atoms with van der Waals surface area (Å²) >= 11 is 0. The molecule has 5 aromatic rings. The van der Waals surface area contributed by atoms with Crippen LogP contribution in [0.15, 0.2) is 66.0 Å². The first kappa shape index (κ1) is 41.7. The molecule has 1 aromatic carbocycles. The van der Waals surface area contributed by atoms with Gasteiger partial charge in [0.25, 0.3) is 0 Å². The summed E-state index contributed by atoms with van der Waals surface area (Å²) in [4.78, 5) is 97.5. The van der Waals surface area contributed by atoms with Crippen LogP contribution in [0.2, 0.25) is 0 Å². The molecule has 0 aliphatic carbocycles. The Labute approximate surface area is 355 Å². The minimum absolute atomic E-state index is 0.0860. The maximum absolute atomic E-state index is 14.6. The molecule has 4 aromatic heterocycles. The number of anilines is 1. The van der Waals surface area contributed by atoms with Crippen molar-refractivity contribution in [3.63, 3.8) is 0 Å².